The van der Waals surface area contributed by atoms with Gasteiger partial charge >= 0.3 is 0 Å². The second-order valence-electron chi connectivity index (χ2n) is 2.38. The first-order valence-electron chi connectivity index (χ1n) is 3.37. The van der Waals surface area contributed by atoms with Crippen molar-refractivity contribution in [2.75, 3.05) is 5.75 Å². The molecule has 0 aliphatic carbocycles. The van der Waals surface area contributed by atoms with Gasteiger partial charge in [-0.2, -0.15) is 0 Å². The van der Waals surface area contributed by atoms with E-state index in [0.29, 0.717) is 0 Å². The third kappa shape index (κ3) is 3.18. The van der Waals surface area contributed by atoms with Crippen molar-refractivity contribution in [3.05, 3.63) is 5.01 Å². The van der Waals surface area contributed by atoms with Crippen LogP contribution in [-0.2, 0) is 0 Å². The molecule has 1 rings (SSSR count). The second-order valence-corrected chi connectivity index (χ2v) is 4.82. The van der Waals surface area contributed by atoms with Gasteiger partial charge in [-0.05, 0) is 13.8 Å². The first-order chi connectivity index (χ1) is 5.18. The zero-order valence-corrected chi connectivity index (χ0v) is 8.21. The summed E-state index contributed by atoms with van der Waals surface area (Å²) in [6, 6.07) is 0.226. The zero-order chi connectivity index (χ0) is 8.27. The van der Waals surface area contributed by atoms with Crippen LogP contribution in [0, 0.1) is 6.92 Å². The molecule has 1 heterocycles. The van der Waals surface area contributed by atoms with Crippen molar-refractivity contribution in [2.45, 2.75) is 24.2 Å². The molecule has 0 aliphatic rings. The molecule has 3 nitrogen and oxygen atoms in total. The Morgan fingerprint density at radius 1 is 1.64 bits per heavy atom. The van der Waals surface area contributed by atoms with Gasteiger partial charge in [0.1, 0.15) is 5.01 Å². The van der Waals surface area contributed by atoms with Crippen LogP contribution in [0.25, 0.3) is 0 Å². The fourth-order valence-corrected chi connectivity index (χ4v) is 2.26. The first kappa shape index (κ1) is 8.96. The Kier molecular flexibility index (Phi) is 3.29. The van der Waals surface area contributed by atoms with E-state index in [1.165, 1.54) is 0 Å². The lowest BCUT2D eigenvalue weighted by molar-refractivity contribution is 0.845. The van der Waals surface area contributed by atoms with Gasteiger partial charge in [-0.25, -0.2) is 0 Å². The molecule has 0 spiro atoms. The Hall–Kier alpha value is -0.130. The first-order valence-corrected chi connectivity index (χ1v) is 5.17. The normalized spacial score (nSPS) is 13.4. The van der Waals surface area contributed by atoms with Gasteiger partial charge in [0.15, 0.2) is 4.34 Å². The van der Waals surface area contributed by atoms with Gasteiger partial charge in [0.2, 0.25) is 0 Å². The summed E-state index contributed by atoms with van der Waals surface area (Å²) in [4.78, 5) is 0. The Labute approximate surface area is 74.4 Å². The van der Waals surface area contributed by atoms with E-state index in [-0.39, 0.29) is 6.04 Å². The van der Waals surface area contributed by atoms with Gasteiger partial charge in [0, 0.05) is 11.8 Å². The molecule has 0 aliphatic heterocycles. The topological polar surface area (TPSA) is 51.8 Å². The van der Waals surface area contributed by atoms with Crippen molar-refractivity contribution in [3.8, 4) is 0 Å². The van der Waals surface area contributed by atoms with Gasteiger partial charge in [0.25, 0.3) is 0 Å². The molecule has 1 aromatic rings. The van der Waals surface area contributed by atoms with E-state index in [4.69, 9.17) is 5.73 Å². The van der Waals surface area contributed by atoms with Crippen molar-refractivity contribution < 1.29 is 0 Å². The Bertz CT molecular complexity index is 221. The maximum Gasteiger partial charge on any atom is 0.174 e. The van der Waals surface area contributed by atoms with Gasteiger partial charge in [-0.15, -0.1) is 10.2 Å². The van der Waals surface area contributed by atoms with Crippen LogP contribution in [0.3, 0.4) is 0 Å². The highest BCUT2D eigenvalue weighted by atomic mass is 32.2. The van der Waals surface area contributed by atoms with Crippen LogP contribution in [0.2, 0.25) is 0 Å². The third-order valence-corrected chi connectivity index (χ3v) is 3.24. The molecule has 1 atom stereocenters. The van der Waals surface area contributed by atoms with E-state index < -0.39 is 0 Å². The molecule has 62 valence electrons. The number of rotatable bonds is 3. The number of thioether (sulfide) groups is 1. The quantitative estimate of drug-likeness (QED) is 0.728. The highest BCUT2D eigenvalue weighted by Gasteiger charge is 2.01. The molecule has 0 radical (unpaired) electrons. The minimum Gasteiger partial charge on any atom is -0.327 e. The Morgan fingerprint density at radius 3 is 2.82 bits per heavy atom. The molecule has 1 unspecified atom stereocenters. The average Bonchev–Trinajstić information content (AvgIpc) is 2.31. The van der Waals surface area contributed by atoms with E-state index >= 15 is 0 Å². The molecule has 0 bridgehead atoms. The Balaban J connectivity index is 2.39. The molecule has 1 aromatic heterocycles. The van der Waals surface area contributed by atoms with Crippen molar-refractivity contribution in [1.29, 1.82) is 0 Å². The summed E-state index contributed by atoms with van der Waals surface area (Å²) in [7, 11) is 0. The summed E-state index contributed by atoms with van der Waals surface area (Å²) in [6.45, 7) is 3.94. The van der Waals surface area contributed by atoms with Gasteiger partial charge in [-0.1, -0.05) is 23.1 Å². The SMILES string of the molecule is Cc1nnc(SCC(C)N)s1. The monoisotopic (exact) mass is 189 g/mol. The molecule has 0 saturated heterocycles. The van der Waals surface area contributed by atoms with Crippen LogP contribution in [0.15, 0.2) is 4.34 Å². The molecule has 11 heavy (non-hydrogen) atoms. The average molecular weight is 189 g/mol. The van der Waals surface area contributed by atoms with Crippen LogP contribution in [0.1, 0.15) is 11.9 Å². The van der Waals surface area contributed by atoms with E-state index in [1.807, 2.05) is 13.8 Å². The molecule has 0 saturated carbocycles. The third-order valence-electron chi connectivity index (χ3n) is 0.977. The number of aromatic nitrogens is 2. The minimum atomic E-state index is 0.226. The second kappa shape index (κ2) is 4.04. The molecular formula is C6H11N3S2. The maximum absolute atomic E-state index is 5.58. The molecule has 0 fully saturated rings. The molecule has 2 N–H and O–H groups in total. The van der Waals surface area contributed by atoms with E-state index in [1.54, 1.807) is 23.1 Å². The largest absolute Gasteiger partial charge is 0.327 e. The van der Waals surface area contributed by atoms with E-state index in [0.717, 1.165) is 15.1 Å². The number of nitrogens with two attached hydrogens (primary N) is 1. The van der Waals surface area contributed by atoms with Crippen LogP contribution < -0.4 is 5.73 Å². The highest BCUT2D eigenvalue weighted by Crippen LogP contribution is 2.21. The predicted octanol–water partition coefficient (Wildman–Crippen LogP) is 1.29. The number of hydrogen-bond acceptors (Lipinski definition) is 5. The lowest BCUT2D eigenvalue weighted by Gasteiger charge is -1.99. The maximum atomic E-state index is 5.58. The van der Waals surface area contributed by atoms with Crippen LogP contribution >= 0.6 is 23.1 Å². The fourth-order valence-electron chi connectivity index (χ4n) is 0.539. The van der Waals surface area contributed by atoms with Gasteiger partial charge < -0.3 is 5.73 Å². The Morgan fingerprint density at radius 2 is 2.36 bits per heavy atom. The smallest absolute Gasteiger partial charge is 0.174 e. The lowest BCUT2D eigenvalue weighted by Crippen LogP contribution is -2.17. The number of hydrogen-bond donors (Lipinski definition) is 1. The van der Waals surface area contributed by atoms with Gasteiger partial charge in [0.05, 0.1) is 0 Å². The van der Waals surface area contributed by atoms with E-state index in [2.05, 4.69) is 10.2 Å². The summed E-state index contributed by atoms with van der Waals surface area (Å²) in [6.07, 6.45) is 0. The highest BCUT2D eigenvalue weighted by molar-refractivity contribution is 8.01. The van der Waals surface area contributed by atoms with Crippen molar-refractivity contribution in [3.63, 3.8) is 0 Å². The molecule has 0 amide bonds. The van der Waals surface area contributed by atoms with Crippen molar-refractivity contribution >= 4 is 23.1 Å². The summed E-state index contributed by atoms with van der Waals surface area (Å²) >= 11 is 3.28. The van der Waals surface area contributed by atoms with Crippen molar-refractivity contribution in [1.82, 2.24) is 10.2 Å². The minimum absolute atomic E-state index is 0.226. The number of nitrogens with zero attached hydrogens (tertiary/aromatic N) is 2. The molecule has 5 heteroatoms. The molecule has 0 aromatic carbocycles. The fraction of sp³-hybridized carbons (Fsp3) is 0.667. The summed E-state index contributed by atoms with van der Waals surface area (Å²) in [5, 5.41) is 8.88. The molecular weight excluding hydrogens is 178 g/mol. The van der Waals surface area contributed by atoms with Crippen LogP contribution in [0.5, 0.6) is 0 Å². The summed E-state index contributed by atoms with van der Waals surface area (Å²) < 4.78 is 1.01. The lowest BCUT2D eigenvalue weighted by atomic mass is 10.4. The van der Waals surface area contributed by atoms with Crippen LogP contribution in [-0.4, -0.2) is 22.0 Å². The van der Waals surface area contributed by atoms with Gasteiger partial charge in [-0.3, -0.25) is 0 Å². The number of aryl methyl sites for hydroxylation is 1. The standard InChI is InChI=1S/C6H11N3S2/c1-4(7)3-10-6-9-8-5(2)11-6/h4H,3,7H2,1-2H3. The van der Waals surface area contributed by atoms with E-state index in [9.17, 15) is 0 Å². The zero-order valence-electron chi connectivity index (χ0n) is 6.57. The summed E-state index contributed by atoms with van der Waals surface area (Å²) in [5.41, 5.74) is 5.58. The van der Waals surface area contributed by atoms with Crippen molar-refractivity contribution in [2.24, 2.45) is 5.73 Å². The summed E-state index contributed by atoms with van der Waals surface area (Å²) in [5.74, 6) is 0.911. The van der Waals surface area contributed by atoms with Crippen LogP contribution in [0.4, 0.5) is 0 Å². The predicted molar refractivity (Wildman–Crippen MR) is 49.0 cm³/mol.